The molecule has 5 nitrogen and oxygen atoms in total. The van der Waals surface area contributed by atoms with Crippen molar-refractivity contribution in [3.63, 3.8) is 0 Å². The van der Waals surface area contributed by atoms with Gasteiger partial charge in [0, 0.05) is 13.1 Å². The predicted molar refractivity (Wildman–Crippen MR) is 80.9 cm³/mol. The van der Waals surface area contributed by atoms with E-state index >= 15 is 0 Å². The van der Waals surface area contributed by atoms with Crippen LogP contribution in [0.25, 0.3) is 0 Å². The van der Waals surface area contributed by atoms with E-state index in [0.29, 0.717) is 24.4 Å². The van der Waals surface area contributed by atoms with Crippen LogP contribution in [0.3, 0.4) is 0 Å². The van der Waals surface area contributed by atoms with Crippen molar-refractivity contribution in [1.82, 2.24) is 4.90 Å². The molecule has 6 heteroatoms. The Morgan fingerprint density at radius 3 is 2.62 bits per heavy atom. The van der Waals surface area contributed by atoms with Crippen molar-refractivity contribution < 1.29 is 17.9 Å². The van der Waals surface area contributed by atoms with Gasteiger partial charge in [0.25, 0.3) is 0 Å². The van der Waals surface area contributed by atoms with Gasteiger partial charge in [0.1, 0.15) is 11.0 Å². The standard InChI is InChI=1S/C15H21NO4S/c1-12(15(17)16-8-3-4-9-16)21(18,19)11-13-6-5-7-14(10-13)20-2/h5-7,10,12H,3-4,8-9,11H2,1-2H3. The van der Waals surface area contributed by atoms with Crippen LogP contribution in [0.15, 0.2) is 24.3 Å². The third-order valence-electron chi connectivity index (χ3n) is 3.81. The quantitative estimate of drug-likeness (QED) is 0.829. The maximum absolute atomic E-state index is 12.4. The van der Waals surface area contributed by atoms with Crippen molar-refractivity contribution >= 4 is 15.7 Å². The minimum absolute atomic E-state index is 0.148. The smallest absolute Gasteiger partial charge is 0.240 e. The number of amides is 1. The molecule has 2 rings (SSSR count). The molecule has 1 aromatic rings. The lowest BCUT2D eigenvalue weighted by molar-refractivity contribution is -0.129. The van der Waals surface area contributed by atoms with Crippen molar-refractivity contribution in [3.8, 4) is 5.75 Å². The largest absolute Gasteiger partial charge is 0.497 e. The molecule has 116 valence electrons. The minimum atomic E-state index is -3.52. The Kier molecular flexibility index (Phi) is 4.88. The average molecular weight is 311 g/mol. The summed E-state index contributed by atoms with van der Waals surface area (Å²) in [6.07, 6.45) is 1.91. The van der Waals surface area contributed by atoms with Gasteiger partial charge in [-0.1, -0.05) is 12.1 Å². The molecule has 1 aliphatic heterocycles. The van der Waals surface area contributed by atoms with Crippen molar-refractivity contribution in [2.75, 3.05) is 20.2 Å². The first-order valence-corrected chi connectivity index (χ1v) is 8.79. The zero-order valence-corrected chi connectivity index (χ0v) is 13.2. The molecule has 0 saturated carbocycles. The van der Waals surface area contributed by atoms with Crippen molar-refractivity contribution in [2.24, 2.45) is 0 Å². The Bertz CT molecular complexity index is 606. The zero-order chi connectivity index (χ0) is 15.5. The summed E-state index contributed by atoms with van der Waals surface area (Å²) in [5, 5.41) is -0.998. The zero-order valence-electron chi connectivity index (χ0n) is 12.4. The normalized spacial score (nSPS) is 16.8. The number of hydrogen-bond acceptors (Lipinski definition) is 4. The Hall–Kier alpha value is -1.56. The summed E-state index contributed by atoms with van der Waals surface area (Å²) in [5.74, 6) is 0.182. The number of rotatable bonds is 5. The van der Waals surface area contributed by atoms with Gasteiger partial charge < -0.3 is 9.64 Å². The molecule has 0 aromatic heterocycles. The Morgan fingerprint density at radius 2 is 2.00 bits per heavy atom. The summed E-state index contributed by atoms with van der Waals surface area (Å²) in [7, 11) is -1.99. The van der Waals surface area contributed by atoms with Crippen LogP contribution >= 0.6 is 0 Å². The van der Waals surface area contributed by atoms with Crippen LogP contribution in [-0.2, 0) is 20.4 Å². The maximum Gasteiger partial charge on any atom is 0.240 e. The van der Waals surface area contributed by atoms with E-state index in [4.69, 9.17) is 4.74 Å². The topological polar surface area (TPSA) is 63.7 Å². The number of benzene rings is 1. The summed E-state index contributed by atoms with van der Waals surface area (Å²) in [6, 6.07) is 6.92. The second kappa shape index (κ2) is 6.47. The molecule has 0 spiro atoms. The number of methoxy groups -OCH3 is 1. The van der Waals surface area contributed by atoms with Crippen molar-refractivity contribution in [2.45, 2.75) is 30.8 Å². The molecule has 1 heterocycles. The summed E-state index contributed by atoms with van der Waals surface area (Å²) >= 11 is 0. The molecule has 1 saturated heterocycles. The van der Waals surface area contributed by atoms with Gasteiger partial charge in [0.2, 0.25) is 5.91 Å². The first-order valence-electron chi connectivity index (χ1n) is 7.07. The summed E-state index contributed by atoms with van der Waals surface area (Å²) in [6.45, 7) is 2.81. The second-order valence-corrected chi connectivity index (χ2v) is 7.65. The highest BCUT2D eigenvalue weighted by Gasteiger charge is 2.32. The van der Waals surface area contributed by atoms with Gasteiger partial charge in [-0.15, -0.1) is 0 Å². The molecular weight excluding hydrogens is 290 g/mol. The Labute approximate surface area is 125 Å². The summed E-state index contributed by atoms with van der Waals surface area (Å²) in [4.78, 5) is 13.9. The number of hydrogen-bond donors (Lipinski definition) is 0. The molecule has 0 aliphatic carbocycles. The first kappa shape index (κ1) is 15.8. The summed E-state index contributed by atoms with van der Waals surface area (Å²) in [5.41, 5.74) is 0.635. The van der Waals surface area contributed by atoms with Crippen molar-refractivity contribution in [3.05, 3.63) is 29.8 Å². The van der Waals surface area contributed by atoms with E-state index in [9.17, 15) is 13.2 Å². The van der Waals surface area contributed by atoms with Gasteiger partial charge in [-0.3, -0.25) is 4.79 Å². The minimum Gasteiger partial charge on any atom is -0.497 e. The van der Waals surface area contributed by atoms with E-state index in [2.05, 4.69) is 0 Å². The number of carbonyl (C=O) groups is 1. The molecule has 1 atom stereocenters. The highest BCUT2D eigenvalue weighted by Crippen LogP contribution is 2.19. The third kappa shape index (κ3) is 3.75. The lowest BCUT2D eigenvalue weighted by Gasteiger charge is -2.20. The van der Waals surface area contributed by atoms with Crippen LogP contribution in [0.2, 0.25) is 0 Å². The fourth-order valence-electron chi connectivity index (χ4n) is 2.47. The van der Waals surface area contributed by atoms with Gasteiger partial charge in [-0.25, -0.2) is 8.42 Å². The molecule has 0 N–H and O–H groups in total. The SMILES string of the molecule is COc1cccc(CS(=O)(=O)C(C)C(=O)N2CCCC2)c1. The van der Waals surface area contributed by atoms with Gasteiger partial charge >= 0.3 is 0 Å². The van der Waals surface area contributed by atoms with Crippen LogP contribution in [0.1, 0.15) is 25.3 Å². The monoisotopic (exact) mass is 311 g/mol. The van der Waals surface area contributed by atoms with E-state index in [1.807, 2.05) is 0 Å². The highest BCUT2D eigenvalue weighted by molar-refractivity contribution is 7.92. The first-order chi connectivity index (χ1) is 9.94. The number of ether oxygens (including phenoxy) is 1. The molecule has 1 aliphatic rings. The van der Waals surface area contributed by atoms with Crippen LogP contribution in [0.5, 0.6) is 5.75 Å². The Morgan fingerprint density at radius 1 is 1.33 bits per heavy atom. The molecule has 1 fully saturated rings. The molecule has 21 heavy (non-hydrogen) atoms. The van der Waals surface area contributed by atoms with Crippen LogP contribution in [-0.4, -0.2) is 44.7 Å². The average Bonchev–Trinajstić information content (AvgIpc) is 2.99. The highest BCUT2D eigenvalue weighted by atomic mass is 32.2. The molecule has 1 aromatic carbocycles. The summed E-state index contributed by atoms with van der Waals surface area (Å²) < 4.78 is 29.9. The fraction of sp³-hybridized carbons (Fsp3) is 0.533. The maximum atomic E-state index is 12.4. The second-order valence-electron chi connectivity index (χ2n) is 5.33. The molecule has 0 bridgehead atoms. The fourth-order valence-corrected chi connectivity index (χ4v) is 3.82. The predicted octanol–water partition coefficient (Wildman–Crippen LogP) is 1.62. The van der Waals surface area contributed by atoms with Crippen LogP contribution < -0.4 is 4.74 Å². The Balaban J connectivity index is 2.11. The number of likely N-dealkylation sites (tertiary alicyclic amines) is 1. The van der Waals surface area contributed by atoms with Crippen LogP contribution in [0, 0.1) is 0 Å². The van der Waals surface area contributed by atoms with Gasteiger partial charge in [-0.2, -0.15) is 0 Å². The van der Waals surface area contributed by atoms with E-state index in [0.717, 1.165) is 12.8 Å². The lowest BCUT2D eigenvalue weighted by Crippen LogP contribution is -2.40. The lowest BCUT2D eigenvalue weighted by atomic mass is 10.2. The number of carbonyl (C=O) groups excluding carboxylic acids is 1. The van der Waals surface area contributed by atoms with E-state index in [1.54, 1.807) is 29.2 Å². The van der Waals surface area contributed by atoms with E-state index in [1.165, 1.54) is 14.0 Å². The molecule has 1 unspecified atom stereocenters. The molecule has 1 amide bonds. The number of nitrogens with zero attached hydrogens (tertiary/aromatic N) is 1. The van der Waals surface area contributed by atoms with Crippen molar-refractivity contribution in [1.29, 1.82) is 0 Å². The van der Waals surface area contributed by atoms with E-state index in [-0.39, 0.29) is 11.7 Å². The van der Waals surface area contributed by atoms with E-state index < -0.39 is 15.1 Å². The van der Waals surface area contributed by atoms with Crippen LogP contribution in [0.4, 0.5) is 0 Å². The van der Waals surface area contributed by atoms with Gasteiger partial charge in [0.15, 0.2) is 9.84 Å². The molecule has 0 radical (unpaired) electrons. The molecular formula is C15H21NO4S. The third-order valence-corrected chi connectivity index (χ3v) is 5.82. The van der Waals surface area contributed by atoms with Gasteiger partial charge in [-0.05, 0) is 37.5 Å². The van der Waals surface area contributed by atoms with Gasteiger partial charge in [0.05, 0.1) is 12.9 Å². The number of sulfone groups is 1.